The summed E-state index contributed by atoms with van der Waals surface area (Å²) >= 11 is 0. The molecule has 0 amide bonds. The predicted molar refractivity (Wildman–Crippen MR) is 66.7 cm³/mol. The molecule has 2 aromatic heterocycles. The zero-order valence-electron chi connectivity index (χ0n) is 9.93. The number of ether oxygens (including phenoxy) is 1. The van der Waals surface area contributed by atoms with Crippen LogP contribution in [0.25, 0.3) is 5.65 Å². The molecule has 0 bridgehead atoms. The lowest BCUT2D eigenvalue weighted by Gasteiger charge is -2.09. The highest BCUT2D eigenvalue weighted by atomic mass is 16.5. The molecule has 0 atom stereocenters. The Morgan fingerprint density at radius 2 is 2.35 bits per heavy atom. The highest BCUT2D eigenvalue weighted by molar-refractivity contribution is 5.49. The maximum absolute atomic E-state index is 12.2. The van der Waals surface area contributed by atoms with E-state index in [9.17, 15) is 4.79 Å². The lowest BCUT2D eigenvalue weighted by Crippen LogP contribution is -2.21. The van der Waals surface area contributed by atoms with Gasteiger partial charge in [-0.25, -0.2) is 0 Å². The van der Waals surface area contributed by atoms with Crippen LogP contribution in [0, 0.1) is 6.92 Å². The summed E-state index contributed by atoms with van der Waals surface area (Å²) in [5, 5.41) is 0. The second kappa shape index (κ2) is 4.41. The summed E-state index contributed by atoms with van der Waals surface area (Å²) in [5.74, 6) is 0.379. The van der Waals surface area contributed by atoms with Crippen molar-refractivity contribution in [1.29, 1.82) is 0 Å². The Morgan fingerprint density at radius 1 is 1.59 bits per heavy atom. The molecule has 88 valence electrons. The fourth-order valence-electron chi connectivity index (χ4n) is 1.80. The Labute approximate surface area is 99.2 Å². The lowest BCUT2D eigenvalue weighted by molar-refractivity contribution is 0.392. The molecule has 0 aliphatic rings. The molecule has 0 saturated heterocycles. The quantitative estimate of drug-likeness (QED) is 0.754. The van der Waals surface area contributed by atoms with Crippen molar-refractivity contribution >= 4 is 5.65 Å². The molecule has 0 saturated carbocycles. The number of hydrogen-bond acceptors (Lipinski definition) is 3. The van der Waals surface area contributed by atoms with Crippen LogP contribution in [0.2, 0.25) is 0 Å². The molecule has 0 aromatic carbocycles. The van der Waals surface area contributed by atoms with Crippen LogP contribution in [0.3, 0.4) is 0 Å². The van der Waals surface area contributed by atoms with Crippen LogP contribution in [-0.4, -0.2) is 16.5 Å². The van der Waals surface area contributed by atoms with Gasteiger partial charge >= 0.3 is 0 Å². The molecule has 0 aliphatic heterocycles. The summed E-state index contributed by atoms with van der Waals surface area (Å²) in [4.78, 5) is 16.6. The van der Waals surface area contributed by atoms with E-state index in [-0.39, 0.29) is 5.56 Å². The van der Waals surface area contributed by atoms with Gasteiger partial charge in [0.25, 0.3) is 5.56 Å². The molecule has 0 N–H and O–H groups in total. The summed E-state index contributed by atoms with van der Waals surface area (Å²) < 4.78 is 6.71. The number of hydrogen-bond donors (Lipinski definition) is 0. The molecule has 0 unspecified atom stereocenters. The van der Waals surface area contributed by atoms with Crippen molar-refractivity contribution < 1.29 is 4.74 Å². The molecule has 0 aliphatic carbocycles. The van der Waals surface area contributed by atoms with E-state index in [4.69, 9.17) is 4.74 Å². The lowest BCUT2D eigenvalue weighted by atomic mass is 10.2. The van der Waals surface area contributed by atoms with E-state index in [1.165, 1.54) is 11.5 Å². The third-order valence-electron chi connectivity index (χ3n) is 2.65. The summed E-state index contributed by atoms with van der Waals surface area (Å²) in [6.07, 6.45) is 3.83. The first kappa shape index (κ1) is 11.4. The van der Waals surface area contributed by atoms with E-state index < -0.39 is 0 Å². The van der Waals surface area contributed by atoms with Crippen LogP contribution in [0.5, 0.6) is 5.88 Å². The van der Waals surface area contributed by atoms with Crippen molar-refractivity contribution in [3.8, 4) is 5.88 Å². The van der Waals surface area contributed by atoms with Gasteiger partial charge in [-0.2, -0.15) is 4.98 Å². The van der Waals surface area contributed by atoms with E-state index in [1.54, 1.807) is 12.3 Å². The zero-order valence-corrected chi connectivity index (χ0v) is 9.93. The second-order valence-corrected chi connectivity index (χ2v) is 3.78. The number of rotatable bonds is 3. The average molecular weight is 230 g/mol. The van der Waals surface area contributed by atoms with Crippen LogP contribution in [-0.2, 0) is 6.42 Å². The molecule has 0 radical (unpaired) electrons. The minimum atomic E-state index is -0.101. The highest BCUT2D eigenvalue weighted by Crippen LogP contribution is 2.15. The van der Waals surface area contributed by atoms with Crippen LogP contribution < -0.4 is 10.3 Å². The molecule has 2 rings (SSSR count). The molecular weight excluding hydrogens is 216 g/mol. The van der Waals surface area contributed by atoms with E-state index in [0.717, 1.165) is 5.56 Å². The average Bonchev–Trinajstić information content (AvgIpc) is 2.33. The minimum absolute atomic E-state index is 0.101. The van der Waals surface area contributed by atoms with Gasteiger partial charge in [-0.3, -0.25) is 9.20 Å². The second-order valence-electron chi connectivity index (χ2n) is 3.78. The topological polar surface area (TPSA) is 43.6 Å². The third-order valence-corrected chi connectivity index (χ3v) is 2.65. The van der Waals surface area contributed by atoms with E-state index >= 15 is 0 Å². The first-order valence-corrected chi connectivity index (χ1v) is 5.34. The normalized spacial score (nSPS) is 10.5. The minimum Gasteiger partial charge on any atom is -0.481 e. The van der Waals surface area contributed by atoms with Crippen LogP contribution in [0.15, 0.2) is 35.8 Å². The van der Waals surface area contributed by atoms with Crippen LogP contribution >= 0.6 is 0 Å². The smallest absolute Gasteiger partial charge is 0.265 e. The third kappa shape index (κ3) is 1.82. The van der Waals surface area contributed by atoms with Crippen molar-refractivity contribution in [1.82, 2.24) is 9.38 Å². The number of pyridine rings is 1. The number of methoxy groups -OCH3 is 1. The molecule has 0 fully saturated rings. The monoisotopic (exact) mass is 230 g/mol. The zero-order chi connectivity index (χ0) is 12.4. The van der Waals surface area contributed by atoms with Gasteiger partial charge in [0.15, 0.2) is 0 Å². The van der Waals surface area contributed by atoms with Crippen molar-refractivity contribution in [3.63, 3.8) is 0 Å². The van der Waals surface area contributed by atoms with Gasteiger partial charge in [0.2, 0.25) is 5.88 Å². The van der Waals surface area contributed by atoms with Gasteiger partial charge < -0.3 is 4.74 Å². The molecular formula is C13H14N2O2. The number of allylic oxidation sites excluding steroid dienone is 1. The van der Waals surface area contributed by atoms with Gasteiger partial charge in [-0.15, -0.1) is 6.58 Å². The Balaban J connectivity index is 2.88. The van der Waals surface area contributed by atoms with Crippen molar-refractivity contribution in [2.24, 2.45) is 0 Å². The van der Waals surface area contributed by atoms with Gasteiger partial charge in [0, 0.05) is 12.6 Å². The maximum atomic E-state index is 12.2. The Hall–Kier alpha value is -2.10. The molecule has 0 spiro atoms. The largest absolute Gasteiger partial charge is 0.481 e. The molecule has 4 nitrogen and oxygen atoms in total. The molecule has 2 aromatic rings. The standard InChI is InChI=1S/C13H14N2O2/c1-4-6-10-12(17-3)14-11-9(2)7-5-8-15(11)13(10)16/h4-5,7-8H,1,6H2,2-3H3. The van der Waals surface area contributed by atoms with Gasteiger partial charge in [0.05, 0.1) is 12.7 Å². The number of fused-ring (bicyclic) bond motifs is 1. The number of nitrogens with zero attached hydrogens (tertiary/aromatic N) is 2. The van der Waals surface area contributed by atoms with Crippen molar-refractivity contribution in [3.05, 3.63) is 52.5 Å². The van der Waals surface area contributed by atoms with E-state index in [1.807, 2.05) is 19.1 Å². The van der Waals surface area contributed by atoms with Crippen molar-refractivity contribution in [2.45, 2.75) is 13.3 Å². The summed E-state index contributed by atoms with van der Waals surface area (Å²) in [5.41, 5.74) is 2.00. The number of aromatic nitrogens is 2. The Bertz CT molecular complexity index is 629. The molecule has 17 heavy (non-hydrogen) atoms. The number of aryl methyl sites for hydroxylation is 1. The first-order valence-electron chi connectivity index (χ1n) is 5.34. The van der Waals surface area contributed by atoms with E-state index in [0.29, 0.717) is 23.5 Å². The van der Waals surface area contributed by atoms with Gasteiger partial charge in [0.1, 0.15) is 5.65 Å². The summed E-state index contributed by atoms with van der Waals surface area (Å²) in [6.45, 7) is 5.55. The highest BCUT2D eigenvalue weighted by Gasteiger charge is 2.12. The van der Waals surface area contributed by atoms with Crippen molar-refractivity contribution in [2.75, 3.05) is 7.11 Å². The fourth-order valence-corrected chi connectivity index (χ4v) is 1.80. The Morgan fingerprint density at radius 3 is 3.00 bits per heavy atom. The SMILES string of the molecule is C=CCc1c(OC)nc2c(C)cccn2c1=O. The predicted octanol–water partition coefficient (Wildman–Crippen LogP) is 1.74. The van der Waals surface area contributed by atoms with Gasteiger partial charge in [-0.05, 0) is 18.6 Å². The fraction of sp³-hybridized carbons (Fsp3) is 0.231. The maximum Gasteiger partial charge on any atom is 0.265 e. The van der Waals surface area contributed by atoms with Gasteiger partial charge in [-0.1, -0.05) is 12.1 Å². The van der Waals surface area contributed by atoms with Crippen LogP contribution in [0.4, 0.5) is 0 Å². The molecule has 2 heterocycles. The van der Waals surface area contributed by atoms with E-state index in [2.05, 4.69) is 11.6 Å². The summed E-state index contributed by atoms with van der Waals surface area (Å²) in [6, 6.07) is 3.74. The van der Waals surface area contributed by atoms with Crippen LogP contribution in [0.1, 0.15) is 11.1 Å². The molecule has 4 heteroatoms. The first-order chi connectivity index (χ1) is 8.19. The Kier molecular flexibility index (Phi) is 2.95. The summed E-state index contributed by atoms with van der Waals surface area (Å²) in [7, 11) is 1.52.